The van der Waals surface area contributed by atoms with Crippen LogP contribution in [0, 0.1) is 5.95 Å². The second kappa shape index (κ2) is 3.99. The quantitative estimate of drug-likeness (QED) is 0.546. The summed E-state index contributed by atoms with van der Waals surface area (Å²) in [5.74, 6) is -0.851. The molecule has 7 heteroatoms. The average Bonchev–Trinajstić information content (AvgIpc) is 2.16. The highest BCUT2D eigenvalue weighted by Gasteiger charge is 2.22. The molecule has 0 atom stereocenters. The van der Waals surface area contributed by atoms with Crippen molar-refractivity contribution in [3.63, 3.8) is 0 Å². The molecule has 1 aromatic heterocycles. The van der Waals surface area contributed by atoms with Crippen molar-refractivity contribution in [1.29, 1.82) is 0 Å². The number of hydroxylamine groups is 1. The molecule has 0 aromatic carbocycles. The first-order valence-electron chi connectivity index (χ1n) is 3.64. The van der Waals surface area contributed by atoms with Gasteiger partial charge in [0.15, 0.2) is 5.03 Å². The third-order valence-corrected chi connectivity index (χ3v) is 3.13. The van der Waals surface area contributed by atoms with E-state index in [1.807, 2.05) is 0 Å². The third kappa shape index (κ3) is 2.06. The molecule has 1 aromatic rings. The summed E-state index contributed by atoms with van der Waals surface area (Å²) in [4.78, 5) is 7.73. The molecule has 0 aliphatic heterocycles. The van der Waals surface area contributed by atoms with Crippen molar-refractivity contribution in [1.82, 2.24) is 9.45 Å². The Balaban J connectivity index is 3.17. The van der Waals surface area contributed by atoms with Crippen molar-refractivity contribution in [3.8, 4) is 0 Å². The summed E-state index contributed by atoms with van der Waals surface area (Å²) in [6.45, 7) is 0. The number of nitrogens with zero attached hydrogens (tertiary/aromatic N) is 2. The van der Waals surface area contributed by atoms with E-state index in [1.54, 1.807) is 0 Å². The SMILES string of the molecule is CON(C)S(=O)(=O)c1cccc(F)n1. The fourth-order valence-electron chi connectivity index (χ4n) is 0.763. The summed E-state index contributed by atoms with van der Waals surface area (Å²) in [5.41, 5.74) is 0. The summed E-state index contributed by atoms with van der Waals surface area (Å²) < 4.78 is 36.2. The van der Waals surface area contributed by atoms with Gasteiger partial charge < -0.3 is 0 Å². The highest BCUT2D eigenvalue weighted by Crippen LogP contribution is 2.11. The number of rotatable bonds is 3. The van der Waals surface area contributed by atoms with Gasteiger partial charge in [0.2, 0.25) is 5.95 Å². The van der Waals surface area contributed by atoms with Gasteiger partial charge in [-0.25, -0.2) is 13.4 Å². The highest BCUT2D eigenvalue weighted by molar-refractivity contribution is 7.88. The number of hydrogen-bond donors (Lipinski definition) is 0. The second-order valence-corrected chi connectivity index (χ2v) is 4.28. The molecular weight excluding hydrogens is 211 g/mol. The standard InChI is InChI=1S/C7H9FN2O3S/c1-10(13-2)14(11,12)7-5-3-4-6(8)9-7/h3-5H,1-2H3. The van der Waals surface area contributed by atoms with Crippen LogP contribution in [0.3, 0.4) is 0 Å². The van der Waals surface area contributed by atoms with Gasteiger partial charge in [-0.2, -0.15) is 4.39 Å². The van der Waals surface area contributed by atoms with Crippen LogP contribution in [0.5, 0.6) is 0 Å². The normalized spacial score (nSPS) is 12.0. The number of sulfonamides is 1. The Morgan fingerprint density at radius 2 is 2.14 bits per heavy atom. The van der Waals surface area contributed by atoms with Gasteiger partial charge in [0, 0.05) is 7.05 Å². The Kier molecular flexibility index (Phi) is 3.14. The zero-order chi connectivity index (χ0) is 10.8. The van der Waals surface area contributed by atoms with E-state index in [0.717, 1.165) is 6.07 Å². The molecule has 0 aliphatic carbocycles. The van der Waals surface area contributed by atoms with Gasteiger partial charge in [-0.3, -0.25) is 4.84 Å². The lowest BCUT2D eigenvalue weighted by atomic mass is 10.5. The molecule has 0 N–H and O–H groups in total. The van der Waals surface area contributed by atoms with E-state index in [9.17, 15) is 12.8 Å². The van der Waals surface area contributed by atoms with Gasteiger partial charge in [-0.05, 0) is 12.1 Å². The maximum absolute atomic E-state index is 12.6. The molecular formula is C7H9FN2O3S. The molecule has 78 valence electrons. The van der Waals surface area contributed by atoms with Crippen molar-refractivity contribution in [2.75, 3.05) is 14.2 Å². The Bertz CT molecular complexity index is 421. The molecule has 14 heavy (non-hydrogen) atoms. The molecule has 0 radical (unpaired) electrons. The van der Waals surface area contributed by atoms with Crippen molar-refractivity contribution in [2.45, 2.75) is 5.03 Å². The topological polar surface area (TPSA) is 59.5 Å². The van der Waals surface area contributed by atoms with Gasteiger partial charge >= 0.3 is 0 Å². The summed E-state index contributed by atoms with van der Waals surface area (Å²) in [6.07, 6.45) is 0. The van der Waals surface area contributed by atoms with Crippen molar-refractivity contribution in [2.24, 2.45) is 0 Å². The molecule has 0 amide bonds. The molecule has 0 fully saturated rings. The lowest BCUT2D eigenvalue weighted by molar-refractivity contribution is -0.0261. The van der Waals surface area contributed by atoms with Crippen molar-refractivity contribution < 1.29 is 17.6 Å². The molecule has 1 heterocycles. The van der Waals surface area contributed by atoms with Gasteiger partial charge in [-0.1, -0.05) is 10.5 Å². The molecule has 0 unspecified atom stereocenters. The van der Waals surface area contributed by atoms with Crippen molar-refractivity contribution >= 4 is 10.0 Å². The van der Waals surface area contributed by atoms with Crippen molar-refractivity contribution in [3.05, 3.63) is 24.1 Å². The van der Waals surface area contributed by atoms with E-state index in [2.05, 4.69) is 9.82 Å². The van der Waals surface area contributed by atoms with Gasteiger partial charge in [-0.15, -0.1) is 0 Å². The molecule has 1 rings (SSSR count). The predicted molar refractivity (Wildman–Crippen MR) is 46.2 cm³/mol. The monoisotopic (exact) mass is 220 g/mol. The highest BCUT2D eigenvalue weighted by atomic mass is 32.2. The van der Waals surface area contributed by atoms with Gasteiger partial charge in [0.25, 0.3) is 10.0 Å². The number of pyridine rings is 1. The van der Waals surface area contributed by atoms with Crippen LogP contribution in [0.2, 0.25) is 0 Å². The van der Waals surface area contributed by atoms with E-state index in [-0.39, 0.29) is 5.03 Å². The van der Waals surface area contributed by atoms with E-state index in [0.29, 0.717) is 4.47 Å². The Hall–Kier alpha value is -1.05. The van der Waals surface area contributed by atoms with Gasteiger partial charge in [0.1, 0.15) is 0 Å². The van der Waals surface area contributed by atoms with Crippen LogP contribution >= 0.6 is 0 Å². The molecule has 0 aliphatic rings. The van der Waals surface area contributed by atoms with Crippen LogP contribution in [-0.2, 0) is 14.9 Å². The van der Waals surface area contributed by atoms with Crippen LogP contribution in [-0.4, -0.2) is 32.0 Å². The lowest BCUT2D eigenvalue weighted by Crippen LogP contribution is -2.26. The maximum Gasteiger partial charge on any atom is 0.282 e. The Morgan fingerprint density at radius 3 is 2.64 bits per heavy atom. The number of hydrogen-bond acceptors (Lipinski definition) is 4. The smallest absolute Gasteiger partial charge is 0.282 e. The average molecular weight is 220 g/mol. The minimum atomic E-state index is -3.85. The van der Waals surface area contributed by atoms with Crippen LogP contribution < -0.4 is 0 Å². The van der Waals surface area contributed by atoms with E-state index >= 15 is 0 Å². The minimum Gasteiger partial charge on any atom is -0.288 e. The lowest BCUT2D eigenvalue weighted by Gasteiger charge is -2.12. The first kappa shape index (κ1) is 11.0. The van der Waals surface area contributed by atoms with E-state index in [1.165, 1.54) is 26.3 Å². The van der Waals surface area contributed by atoms with Gasteiger partial charge in [0.05, 0.1) is 7.11 Å². The Morgan fingerprint density at radius 1 is 1.50 bits per heavy atom. The minimum absolute atomic E-state index is 0.387. The predicted octanol–water partition coefficient (Wildman–Crippen LogP) is 0.403. The molecule has 0 saturated heterocycles. The molecule has 0 saturated carbocycles. The molecule has 5 nitrogen and oxygen atoms in total. The van der Waals surface area contributed by atoms with Crippen LogP contribution in [0.15, 0.2) is 23.2 Å². The summed E-state index contributed by atoms with van der Waals surface area (Å²) in [5, 5.41) is -0.387. The van der Waals surface area contributed by atoms with Crippen LogP contribution in [0.4, 0.5) is 4.39 Å². The van der Waals surface area contributed by atoms with Crippen LogP contribution in [0.1, 0.15) is 0 Å². The molecule has 0 spiro atoms. The number of aromatic nitrogens is 1. The summed E-state index contributed by atoms with van der Waals surface area (Å²) in [6, 6.07) is 3.51. The first-order chi connectivity index (χ1) is 6.48. The summed E-state index contributed by atoms with van der Waals surface area (Å²) >= 11 is 0. The fourth-order valence-corrected chi connectivity index (χ4v) is 1.68. The fraction of sp³-hybridized carbons (Fsp3) is 0.286. The van der Waals surface area contributed by atoms with E-state index < -0.39 is 16.0 Å². The first-order valence-corrected chi connectivity index (χ1v) is 5.08. The summed E-state index contributed by atoms with van der Waals surface area (Å²) in [7, 11) is -1.46. The molecule has 0 bridgehead atoms. The zero-order valence-electron chi connectivity index (χ0n) is 7.64. The van der Waals surface area contributed by atoms with Crippen LogP contribution in [0.25, 0.3) is 0 Å². The second-order valence-electron chi connectivity index (χ2n) is 2.40. The van der Waals surface area contributed by atoms with E-state index in [4.69, 9.17) is 0 Å². The Labute approximate surface area is 81.1 Å². The third-order valence-electron chi connectivity index (χ3n) is 1.55. The largest absolute Gasteiger partial charge is 0.288 e. The maximum atomic E-state index is 12.6. The number of halogens is 1. The zero-order valence-corrected chi connectivity index (χ0v) is 8.45.